The van der Waals surface area contributed by atoms with Gasteiger partial charge in [0.25, 0.3) is 0 Å². The van der Waals surface area contributed by atoms with Crippen molar-refractivity contribution in [2.24, 2.45) is 5.92 Å². The molecule has 0 unspecified atom stereocenters. The number of benzene rings is 1. The molecule has 24 heavy (non-hydrogen) atoms. The van der Waals surface area contributed by atoms with E-state index in [0.29, 0.717) is 32.5 Å². The summed E-state index contributed by atoms with van der Waals surface area (Å²) in [7, 11) is 0. The number of ether oxygens (including phenoxy) is 1. The van der Waals surface area contributed by atoms with Crippen LogP contribution < -0.4 is 5.32 Å². The first-order chi connectivity index (χ1) is 11.6. The van der Waals surface area contributed by atoms with Crippen molar-refractivity contribution in [1.82, 2.24) is 5.32 Å². The Morgan fingerprint density at radius 2 is 1.96 bits per heavy atom. The Bertz CT molecular complexity index is 517. The Morgan fingerprint density at radius 3 is 2.71 bits per heavy atom. The van der Waals surface area contributed by atoms with E-state index in [0.717, 1.165) is 25.7 Å². The lowest BCUT2D eigenvalue weighted by Crippen LogP contribution is -2.39. The number of carboxylic acids is 1. The van der Waals surface area contributed by atoms with Crippen LogP contribution in [0.1, 0.15) is 44.1 Å². The first kappa shape index (κ1) is 18.5. The number of amides is 1. The number of rotatable bonds is 9. The lowest BCUT2D eigenvalue weighted by Gasteiger charge is -2.27. The van der Waals surface area contributed by atoms with E-state index in [1.807, 2.05) is 18.2 Å². The van der Waals surface area contributed by atoms with Crippen molar-refractivity contribution in [2.75, 3.05) is 13.2 Å². The van der Waals surface area contributed by atoms with Gasteiger partial charge in [-0.05, 0) is 37.7 Å². The Hall–Kier alpha value is -1.88. The molecule has 1 amide bonds. The fraction of sp³-hybridized carbons (Fsp3) is 0.579. The topological polar surface area (TPSA) is 75.6 Å². The first-order valence-corrected chi connectivity index (χ1v) is 8.79. The smallest absolute Gasteiger partial charge is 0.306 e. The summed E-state index contributed by atoms with van der Waals surface area (Å²) in [6, 6.07) is 10.2. The molecule has 0 spiro atoms. The summed E-state index contributed by atoms with van der Waals surface area (Å²) in [5.74, 6) is -1.07. The van der Waals surface area contributed by atoms with Crippen LogP contribution in [-0.4, -0.2) is 36.2 Å². The lowest BCUT2D eigenvalue weighted by molar-refractivity contribution is -0.143. The van der Waals surface area contributed by atoms with Crippen molar-refractivity contribution in [3.63, 3.8) is 0 Å². The highest BCUT2D eigenvalue weighted by molar-refractivity contribution is 5.76. The summed E-state index contributed by atoms with van der Waals surface area (Å²) in [5.41, 5.74) is 1.25. The summed E-state index contributed by atoms with van der Waals surface area (Å²) in [4.78, 5) is 23.0. The standard InChI is InChI=1S/C19H27NO4/c21-18(20-17-9-4-8-16(14-17)19(22)23)10-5-12-24-13-11-15-6-2-1-3-7-15/h1-3,6-7,16-17H,4-5,8-14H2,(H,20,21)(H,22,23)/t16-,17-/m0/s1. The van der Waals surface area contributed by atoms with Gasteiger partial charge in [0.1, 0.15) is 0 Å². The van der Waals surface area contributed by atoms with Gasteiger partial charge in [0.2, 0.25) is 5.91 Å². The Balaban J connectivity index is 1.52. The van der Waals surface area contributed by atoms with Gasteiger partial charge < -0.3 is 15.2 Å². The zero-order valence-electron chi connectivity index (χ0n) is 14.1. The minimum Gasteiger partial charge on any atom is -0.481 e. The molecule has 1 aromatic carbocycles. The van der Waals surface area contributed by atoms with Gasteiger partial charge in [-0.15, -0.1) is 0 Å². The van der Waals surface area contributed by atoms with E-state index < -0.39 is 5.97 Å². The monoisotopic (exact) mass is 333 g/mol. The zero-order valence-corrected chi connectivity index (χ0v) is 14.1. The van der Waals surface area contributed by atoms with E-state index in [4.69, 9.17) is 9.84 Å². The molecule has 0 bridgehead atoms. The number of carbonyl (C=O) groups is 2. The molecular weight excluding hydrogens is 306 g/mol. The predicted octanol–water partition coefficient (Wildman–Crippen LogP) is 2.79. The quantitative estimate of drug-likeness (QED) is 0.681. The summed E-state index contributed by atoms with van der Waals surface area (Å²) >= 11 is 0. The molecule has 5 nitrogen and oxygen atoms in total. The van der Waals surface area contributed by atoms with E-state index in [-0.39, 0.29) is 17.9 Å². The maximum Gasteiger partial charge on any atom is 0.306 e. The maximum atomic E-state index is 11.9. The number of carbonyl (C=O) groups excluding carboxylic acids is 1. The highest BCUT2D eigenvalue weighted by Crippen LogP contribution is 2.24. The van der Waals surface area contributed by atoms with Gasteiger partial charge in [-0.3, -0.25) is 9.59 Å². The van der Waals surface area contributed by atoms with Crippen LogP contribution in [0, 0.1) is 5.92 Å². The van der Waals surface area contributed by atoms with Gasteiger partial charge in [0.15, 0.2) is 0 Å². The molecule has 5 heteroatoms. The van der Waals surface area contributed by atoms with Crippen LogP contribution in [0.15, 0.2) is 30.3 Å². The van der Waals surface area contributed by atoms with Crippen molar-refractivity contribution in [3.05, 3.63) is 35.9 Å². The van der Waals surface area contributed by atoms with Gasteiger partial charge in [-0.25, -0.2) is 0 Å². The largest absolute Gasteiger partial charge is 0.481 e. The minimum atomic E-state index is -0.749. The average molecular weight is 333 g/mol. The number of nitrogens with one attached hydrogen (secondary N) is 1. The van der Waals surface area contributed by atoms with Crippen molar-refractivity contribution >= 4 is 11.9 Å². The van der Waals surface area contributed by atoms with Gasteiger partial charge in [-0.1, -0.05) is 36.8 Å². The van der Waals surface area contributed by atoms with Crippen LogP contribution in [0.3, 0.4) is 0 Å². The second-order valence-electron chi connectivity index (χ2n) is 6.42. The van der Waals surface area contributed by atoms with Crippen molar-refractivity contribution < 1.29 is 19.4 Å². The fourth-order valence-electron chi connectivity index (χ4n) is 3.12. The van der Waals surface area contributed by atoms with Gasteiger partial charge in [0, 0.05) is 19.1 Å². The van der Waals surface area contributed by atoms with E-state index in [9.17, 15) is 9.59 Å². The highest BCUT2D eigenvalue weighted by atomic mass is 16.5. The van der Waals surface area contributed by atoms with E-state index in [2.05, 4.69) is 17.4 Å². The van der Waals surface area contributed by atoms with Crippen LogP contribution in [0.2, 0.25) is 0 Å². The molecule has 0 aromatic heterocycles. The maximum absolute atomic E-state index is 11.9. The third-order valence-corrected chi connectivity index (χ3v) is 4.46. The normalized spacial score (nSPS) is 20.5. The van der Waals surface area contributed by atoms with Crippen molar-refractivity contribution in [3.8, 4) is 0 Å². The van der Waals surface area contributed by atoms with Crippen LogP contribution in [0.4, 0.5) is 0 Å². The van der Waals surface area contributed by atoms with Crippen molar-refractivity contribution in [1.29, 1.82) is 0 Å². The van der Waals surface area contributed by atoms with Crippen LogP contribution in [0.5, 0.6) is 0 Å². The fourth-order valence-corrected chi connectivity index (χ4v) is 3.12. The molecule has 1 fully saturated rings. The van der Waals surface area contributed by atoms with E-state index in [1.165, 1.54) is 5.56 Å². The molecule has 132 valence electrons. The summed E-state index contributed by atoms with van der Waals surface area (Å²) in [6.07, 6.45) is 5.01. The number of aliphatic carboxylic acids is 1. The Morgan fingerprint density at radius 1 is 1.17 bits per heavy atom. The summed E-state index contributed by atoms with van der Waals surface area (Å²) in [5, 5.41) is 12.0. The van der Waals surface area contributed by atoms with Crippen molar-refractivity contribution in [2.45, 2.75) is 51.0 Å². The third-order valence-electron chi connectivity index (χ3n) is 4.46. The second-order valence-corrected chi connectivity index (χ2v) is 6.42. The zero-order chi connectivity index (χ0) is 17.2. The molecule has 0 heterocycles. The third kappa shape index (κ3) is 6.71. The molecule has 1 aromatic rings. The minimum absolute atomic E-state index is 0.00213. The van der Waals surface area contributed by atoms with Gasteiger partial charge in [-0.2, -0.15) is 0 Å². The Kier molecular flexibility index (Phi) is 7.75. The van der Waals surface area contributed by atoms with Gasteiger partial charge >= 0.3 is 5.97 Å². The molecule has 0 aliphatic heterocycles. The molecular formula is C19H27NO4. The number of carboxylic acid groups (broad SMARTS) is 1. The first-order valence-electron chi connectivity index (χ1n) is 8.79. The van der Waals surface area contributed by atoms with E-state index >= 15 is 0 Å². The molecule has 2 rings (SSSR count). The van der Waals surface area contributed by atoms with Crippen LogP contribution in [-0.2, 0) is 20.7 Å². The molecule has 2 atom stereocenters. The summed E-state index contributed by atoms with van der Waals surface area (Å²) < 4.78 is 5.57. The molecule has 0 saturated heterocycles. The molecule has 1 aliphatic rings. The molecule has 2 N–H and O–H groups in total. The van der Waals surface area contributed by atoms with Crippen LogP contribution >= 0.6 is 0 Å². The highest BCUT2D eigenvalue weighted by Gasteiger charge is 2.27. The predicted molar refractivity (Wildman–Crippen MR) is 91.7 cm³/mol. The van der Waals surface area contributed by atoms with Gasteiger partial charge in [0.05, 0.1) is 12.5 Å². The number of hydrogen-bond donors (Lipinski definition) is 2. The second kappa shape index (κ2) is 10.1. The Labute approximate surface area is 143 Å². The molecule has 1 saturated carbocycles. The number of hydrogen-bond acceptors (Lipinski definition) is 3. The SMILES string of the molecule is O=C(CCCOCCc1ccccc1)N[C@H]1CCC[C@H](C(=O)O)C1. The summed E-state index contributed by atoms with van der Waals surface area (Å²) in [6.45, 7) is 1.23. The molecule has 0 radical (unpaired) electrons. The van der Waals surface area contributed by atoms with E-state index in [1.54, 1.807) is 0 Å². The lowest BCUT2D eigenvalue weighted by atomic mass is 9.86. The average Bonchev–Trinajstić information content (AvgIpc) is 2.59. The van der Waals surface area contributed by atoms with Crippen LogP contribution in [0.25, 0.3) is 0 Å². The molecule has 1 aliphatic carbocycles.